The van der Waals surface area contributed by atoms with E-state index in [-0.39, 0.29) is 12.1 Å². The van der Waals surface area contributed by atoms with Crippen LogP contribution in [0.15, 0.2) is 24.3 Å². The summed E-state index contributed by atoms with van der Waals surface area (Å²) >= 11 is 0. The van der Waals surface area contributed by atoms with Gasteiger partial charge in [0.15, 0.2) is 0 Å². The molecule has 0 aliphatic heterocycles. The van der Waals surface area contributed by atoms with Crippen molar-refractivity contribution in [2.45, 2.75) is 31.4 Å². The van der Waals surface area contributed by atoms with Gasteiger partial charge in [0.25, 0.3) is 0 Å². The number of hydrogen-bond acceptors (Lipinski definition) is 3. The Labute approximate surface area is 95.9 Å². The molecule has 0 saturated heterocycles. The first-order valence-electron chi connectivity index (χ1n) is 5.63. The SMILES string of the molecule is CN(c1ccc(C#N)cc1)[C@@H]1CCC[C@H]1O. The summed E-state index contributed by atoms with van der Waals surface area (Å²) in [6, 6.07) is 9.81. The first-order valence-corrected chi connectivity index (χ1v) is 5.63. The lowest BCUT2D eigenvalue weighted by atomic mass is 10.1. The maximum absolute atomic E-state index is 9.83. The van der Waals surface area contributed by atoms with Crippen LogP contribution in [0.4, 0.5) is 5.69 Å². The summed E-state index contributed by atoms with van der Waals surface area (Å²) in [6.45, 7) is 0. The summed E-state index contributed by atoms with van der Waals surface area (Å²) in [7, 11) is 2.00. The van der Waals surface area contributed by atoms with Crippen molar-refractivity contribution in [1.82, 2.24) is 0 Å². The normalized spacial score (nSPS) is 24.1. The second-order valence-electron chi connectivity index (χ2n) is 4.34. The molecule has 2 rings (SSSR count). The van der Waals surface area contributed by atoms with Gasteiger partial charge in [0.1, 0.15) is 0 Å². The van der Waals surface area contributed by atoms with E-state index in [2.05, 4.69) is 11.0 Å². The molecular formula is C13H16N2O. The summed E-state index contributed by atoms with van der Waals surface area (Å²) in [5, 5.41) is 18.5. The van der Waals surface area contributed by atoms with E-state index >= 15 is 0 Å². The molecule has 0 unspecified atom stereocenters. The first-order chi connectivity index (χ1) is 7.72. The number of rotatable bonds is 2. The van der Waals surface area contributed by atoms with E-state index < -0.39 is 0 Å². The summed E-state index contributed by atoms with van der Waals surface area (Å²) in [5.74, 6) is 0. The van der Waals surface area contributed by atoms with Crippen LogP contribution in [0.3, 0.4) is 0 Å². The molecule has 1 aliphatic rings. The maximum Gasteiger partial charge on any atom is 0.0991 e. The molecule has 3 nitrogen and oxygen atoms in total. The van der Waals surface area contributed by atoms with E-state index in [1.54, 1.807) is 0 Å². The van der Waals surface area contributed by atoms with E-state index in [0.29, 0.717) is 5.56 Å². The third-order valence-corrected chi connectivity index (χ3v) is 3.35. The van der Waals surface area contributed by atoms with Gasteiger partial charge in [0.05, 0.1) is 23.8 Å². The molecule has 0 radical (unpaired) electrons. The fraction of sp³-hybridized carbons (Fsp3) is 0.462. The molecule has 16 heavy (non-hydrogen) atoms. The highest BCUT2D eigenvalue weighted by molar-refractivity contribution is 5.50. The molecule has 0 heterocycles. The van der Waals surface area contributed by atoms with Crippen molar-refractivity contribution in [3.63, 3.8) is 0 Å². The van der Waals surface area contributed by atoms with E-state index in [1.165, 1.54) is 0 Å². The summed E-state index contributed by atoms with van der Waals surface area (Å²) in [4.78, 5) is 2.11. The molecule has 0 aromatic heterocycles. The molecule has 2 atom stereocenters. The van der Waals surface area contributed by atoms with Gasteiger partial charge < -0.3 is 10.0 Å². The molecule has 1 saturated carbocycles. The number of nitrogens with zero attached hydrogens (tertiary/aromatic N) is 2. The van der Waals surface area contributed by atoms with Gasteiger partial charge in [-0.15, -0.1) is 0 Å². The summed E-state index contributed by atoms with van der Waals surface area (Å²) < 4.78 is 0. The van der Waals surface area contributed by atoms with Gasteiger partial charge in [-0.3, -0.25) is 0 Å². The summed E-state index contributed by atoms with van der Waals surface area (Å²) in [6.07, 6.45) is 2.80. The molecule has 1 aromatic carbocycles. The molecule has 1 fully saturated rings. The molecule has 1 N–H and O–H groups in total. The number of hydrogen-bond donors (Lipinski definition) is 1. The fourth-order valence-corrected chi connectivity index (χ4v) is 2.34. The predicted octanol–water partition coefficient (Wildman–Crippen LogP) is 1.91. The second kappa shape index (κ2) is 4.54. The number of aliphatic hydroxyl groups is 1. The van der Waals surface area contributed by atoms with E-state index in [0.717, 1.165) is 24.9 Å². The van der Waals surface area contributed by atoms with Crippen molar-refractivity contribution in [1.29, 1.82) is 5.26 Å². The molecule has 3 heteroatoms. The van der Waals surface area contributed by atoms with Crippen LogP contribution in [0.5, 0.6) is 0 Å². The third kappa shape index (κ3) is 2.02. The predicted molar refractivity (Wildman–Crippen MR) is 63.2 cm³/mol. The highest BCUT2D eigenvalue weighted by atomic mass is 16.3. The van der Waals surface area contributed by atoms with Gasteiger partial charge in [0, 0.05) is 12.7 Å². The number of likely N-dealkylation sites (N-methyl/N-ethyl adjacent to an activating group) is 1. The zero-order chi connectivity index (χ0) is 11.5. The van der Waals surface area contributed by atoms with Crippen molar-refractivity contribution in [3.05, 3.63) is 29.8 Å². The van der Waals surface area contributed by atoms with Crippen molar-refractivity contribution in [2.75, 3.05) is 11.9 Å². The number of benzene rings is 1. The van der Waals surface area contributed by atoms with Crippen LogP contribution in [-0.4, -0.2) is 24.3 Å². The summed E-state index contributed by atoms with van der Waals surface area (Å²) in [5.41, 5.74) is 1.73. The average Bonchev–Trinajstić information content (AvgIpc) is 2.75. The third-order valence-electron chi connectivity index (χ3n) is 3.35. The quantitative estimate of drug-likeness (QED) is 0.821. The number of aliphatic hydroxyl groups excluding tert-OH is 1. The Morgan fingerprint density at radius 3 is 2.50 bits per heavy atom. The van der Waals surface area contributed by atoms with Crippen molar-refractivity contribution in [3.8, 4) is 6.07 Å². The van der Waals surface area contributed by atoms with Gasteiger partial charge in [-0.05, 0) is 43.5 Å². The van der Waals surface area contributed by atoms with E-state index in [4.69, 9.17) is 5.26 Å². The molecule has 0 spiro atoms. The zero-order valence-corrected chi connectivity index (χ0v) is 9.43. The highest BCUT2D eigenvalue weighted by Crippen LogP contribution is 2.27. The van der Waals surface area contributed by atoms with Crippen LogP contribution in [0.1, 0.15) is 24.8 Å². The molecular weight excluding hydrogens is 200 g/mol. The van der Waals surface area contributed by atoms with Crippen molar-refractivity contribution < 1.29 is 5.11 Å². The van der Waals surface area contributed by atoms with Gasteiger partial charge in [-0.2, -0.15) is 5.26 Å². The smallest absolute Gasteiger partial charge is 0.0991 e. The minimum Gasteiger partial charge on any atom is -0.391 e. The average molecular weight is 216 g/mol. The van der Waals surface area contributed by atoms with Gasteiger partial charge in [-0.1, -0.05) is 0 Å². The minimum atomic E-state index is -0.222. The Morgan fingerprint density at radius 2 is 2.00 bits per heavy atom. The Kier molecular flexibility index (Phi) is 3.12. The molecule has 0 bridgehead atoms. The Balaban J connectivity index is 2.14. The van der Waals surface area contributed by atoms with Gasteiger partial charge >= 0.3 is 0 Å². The Hall–Kier alpha value is -1.53. The maximum atomic E-state index is 9.83. The van der Waals surface area contributed by atoms with Crippen LogP contribution in [-0.2, 0) is 0 Å². The van der Waals surface area contributed by atoms with Crippen LogP contribution >= 0.6 is 0 Å². The number of anilines is 1. The van der Waals surface area contributed by atoms with Crippen LogP contribution in [0, 0.1) is 11.3 Å². The monoisotopic (exact) mass is 216 g/mol. The standard InChI is InChI=1S/C13H16N2O/c1-15(12-3-2-4-13(12)16)11-7-5-10(9-14)6-8-11/h5-8,12-13,16H,2-4H2,1H3/t12-,13-/m1/s1. The van der Waals surface area contributed by atoms with Crippen LogP contribution < -0.4 is 4.90 Å². The minimum absolute atomic E-state index is 0.216. The Bertz CT molecular complexity index is 393. The first kappa shape index (κ1) is 11.0. The lowest BCUT2D eigenvalue weighted by Crippen LogP contribution is -2.37. The van der Waals surface area contributed by atoms with Crippen LogP contribution in [0.2, 0.25) is 0 Å². The van der Waals surface area contributed by atoms with Gasteiger partial charge in [0.2, 0.25) is 0 Å². The fourth-order valence-electron chi connectivity index (χ4n) is 2.34. The van der Waals surface area contributed by atoms with E-state index in [1.807, 2.05) is 31.3 Å². The largest absolute Gasteiger partial charge is 0.391 e. The lowest BCUT2D eigenvalue weighted by Gasteiger charge is -2.29. The van der Waals surface area contributed by atoms with E-state index in [9.17, 15) is 5.11 Å². The lowest BCUT2D eigenvalue weighted by molar-refractivity contribution is 0.163. The number of nitriles is 1. The van der Waals surface area contributed by atoms with Crippen molar-refractivity contribution >= 4 is 5.69 Å². The molecule has 1 aromatic rings. The molecule has 0 amide bonds. The zero-order valence-electron chi connectivity index (χ0n) is 9.43. The van der Waals surface area contributed by atoms with Crippen LogP contribution in [0.25, 0.3) is 0 Å². The Morgan fingerprint density at radius 1 is 1.31 bits per heavy atom. The second-order valence-corrected chi connectivity index (χ2v) is 4.34. The van der Waals surface area contributed by atoms with Gasteiger partial charge in [-0.25, -0.2) is 0 Å². The topological polar surface area (TPSA) is 47.3 Å². The molecule has 84 valence electrons. The van der Waals surface area contributed by atoms with Crippen molar-refractivity contribution in [2.24, 2.45) is 0 Å². The highest BCUT2D eigenvalue weighted by Gasteiger charge is 2.28. The molecule has 1 aliphatic carbocycles.